The van der Waals surface area contributed by atoms with Crippen molar-refractivity contribution in [3.8, 4) is 0 Å². The molecular weight excluding hydrogens is 186 g/mol. The van der Waals surface area contributed by atoms with Crippen LogP contribution in [0, 0.1) is 6.92 Å². The number of fused-ring (bicyclic) bond motifs is 1. The van der Waals surface area contributed by atoms with E-state index >= 15 is 0 Å². The fraction of sp³-hybridized carbons (Fsp3) is 0.143. The molecule has 0 atom stereocenters. The number of rotatable bonds is 0. The molecule has 0 aliphatic heterocycles. The van der Waals surface area contributed by atoms with Crippen LogP contribution in [0.15, 0.2) is 15.8 Å². The van der Waals surface area contributed by atoms with E-state index < -0.39 is 11.2 Å². The number of H-pyrrole nitrogens is 1. The molecule has 2 aromatic heterocycles. The molecule has 0 saturated heterocycles. The highest BCUT2D eigenvalue weighted by Gasteiger charge is 2.05. The topological polar surface area (TPSA) is 107 Å². The molecule has 0 aliphatic carbocycles. The summed E-state index contributed by atoms with van der Waals surface area (Å²) in [6.45, 7) is 1.66. The van der Waals surface area contributed by atoms with E-state index in [1.54, 1.807) is 6.92 Å². The van der Waals surface area contributed by atoms with Crippen molar-refractivity contribution in [1.82, 2.24) is 19.6 Å². The maximum atomic E-state index is 11.4. The summed E-state index contributed by atoms with van der Waals surface area (Å²) < 4.78 is 0.487. The molecule has 7 nitrogen and oxygen atoms in total. The minimum absolute atomic E-state index is 0.192. The van der Waals surface area contributed by atoms with E-state index in [0.29, 0.717) is 10.5 Å². The Morgan fingerprint density at radius 1 is 1.50 bits per heavy atom. The first-order valence-electron chi connectivity index (χ1n) is 3.83. The lowest BCUT2D eigenvalue weighted by molar-refractivity contribution is 0.846. The number of nitrogens with two attached hydrogens (primary N) is 1. The third-order valence-corrected chi connectivity index (χ3v) is 1.80. The van der Waals surface area contributed by atoms with Gasteiger partial charge in [-0.3, -0.25) is 9.78 Å². The Morgan fingerprint density at radius 3 is 2.93 bits per heavy atom. The Bertz CT molecular complexity index is 611. The molecule has 3 N–H and O–H groups in total. The van der Waals surface area contributed by atoms with Crippen LogP contribution in [0.1, 0.15) is 5.82 Å². The zero-order valence-corrected chi connectivity index (χ0v) is 7.31. The minimum atomic E-state index is -0.694. The van der Waals surface area contributed by atoms with Gasteiger partial charge in [0, 0.05) is 6.20 Å². The number of nitrogens with zero attached hydrogens (tertiary/aromatic N) is 3. The largest absolute Gasteiger partial charge is 0.348 e. The maximum absolute atomic E-state index is 11.4. The first kappa shape index (κ1) is 8.42. The Hall–Kier alpha value is -2.18. The Balaban J connectivity index is 3.06. The predicted molar refractivity (Wildman–Crippen MR) is 49.3 cm³/mol. The Morgan fingerprint density at radius 2 is 2.21 bits per heavy atom. The summed E-state index contributed by atoms with van der Waals surface area (Å²) in [5, 5.41) is 0.192. The van der Waals surface area contributed by atoms with Crippen molar-refractivity contribution >= 4 is 11.0 Å². The van der Waals surface area contributed by atoms with Crippen LogP contribution in [0.25, 0.3) is 11.0 Å². The quantitative estimate of drug-likeness (QED) is 0.495. The standard InChI is InChI=1S/C7H7N5O2/c1-3-9-2-4-5(10-3)11-7(14)12(8)6(4)13/h2H,8H2,1H3,(H,9,10,11,14). The first-order chi connectivity index (χ1) is 6.59. The molecule has 0 aromatic carbocycles. The fourth-order valence-electron chi connectivity index (χ4n) is 1.11. The summed E-state index contributed by atoms with van der Waals surface area (Å²) >= 11 is 0. The second-order valence-electron chi connectivity index (χ2n) is 2.78. The highest BCUT2D eigenvalue weighted by atomic mass is 16.2. The van der Waals surface area contributed by atoms with E-state index in [9.17, 15) is 9.59 Å². The lowest BCUT2D eigenvalue weighted by Gasteiger charge is -1.99. The molecule has 2 rings (SSSR count). The molecule has 14 heavy (non-hydrogen) atoms. The van der Waals surface area contributed by atoms with E-state index in [1.165, 1.54) is 6.20 Å². The van der Waals surface area contributed by atoms with Gasteiger partial charge in [0.25, 0.3) is 5.56 Å². The monoisotopic (exact) mass is 193 g/mol. The predicted octanol–water partition coefficient (Wildman–Crippen LogP) is -1.50. The molecule has 0 bridgehead atoms. The maximum Gasteiger partial charge on any atom is 0.348 e. The van der Waals surface area contributed by atoms with Crippen molar-refractivity contribution in [2.45, 2.75) is 6.92 Å². The third kappa shape index (κ3) is 1.06. The molecule has 0 radical (unpaired) electrons. The molecular formula is C7H7N5O2. The van der Waals surface area contributed by atoms with Gasteiger partial charge in [-0.15, -0.1) is 0 Å². The number of nitrogen functional groups attached to an aromatic ring is 1. The van der Waals surface area contributed by atoms with Crippen LogP contribution in [0.5, 0.6) is 0 Å². The van der Waals surface area contributed by atoms with E-state index in [1.807, 2.05) is 0 Å². The average molecular weight is 193 g/mol. The van der Waals surface area contributed by atoms with Gasteiger partial charge in [-0.2, -0.15) is 4.68 Å². The molecule has 0 saturated carbocycles. The highest BCUT2D eigenvalue weighted by Crippen LogP contribution is 1.98. The summed E-state index contributed by atoms with van der Waals surface area (Å²) in [5.41, 5.74) is -1.10. The van der Waals surface area contributed by atoms with E-state index in [-0.39, 0.29) is 11.0 Å². The molecule has 2 aromatic rings. The fourth-order valence-corrected chi connectivity index (χ4v) is 1.11. The van der Waals surface area contributed by atoms with Gasteiger partial charge in [0.15, 0.2) is 5.65 Å². The third-order valence-electron chi connectivity index (χ3n) is 1.80. The van der Waals surface area contributed by atoms with Gasteiger partial charge in [0.05, 0.1) is 0 Å². The van der Waals surface area contributed by atoms with Crippen LogP contribution in [0.4, 0.5) is 0 Å². The number of aromatic nitrogens is 4. The van der Waals surface area contributed by atoms with Gasteiger partial charge in [0.1, 0.15) is 11.2 Å². The molecule has 0 aliphatic rings. The number of aryl methyl sites for hydroxylation is 1. The summed E-state index contributed by atoms with van der Waals surface area (Å²) in [7, 11) is 0. The van der Waals surface area contributed by atoms with Gasteiger partial charge in [-0.25, -0.2) is 14.8 Å². The molecule has 7 heteroatoms. The summed E-state index contributed by atoms with van der Waals surface area (Å²) in [4.78, 5) is 32.6. The number of aromatic amines is 1. The molecule has 2 heterocycles. The van der Waals surface area contributed by atoms with Crippen molar-refractivity contribution < 1.29 is 0 Å². The van der Waals surface area contributed by atoms with Crippen LogP contribution in [0.3, 0.4) is 0 Å². The van der Waals surface area contributed by atoms with E-state index in [4.69, 9.17) is 5.84 Å². The number of hydrogen-bond donors (Lipinski definition) is 2. The van der Waals surface area contributed by atoms with Gasteiger partial charge >= 0.3 is 5.69 Å². The average Bonchev–Trinajstić information content (AvgIpc) is 2.14. The zero-order chi connectivity index (χ0) is 10.3. The van der Waals surface area contributed by atoms with Gasteiger partial charge < -0.3 is 5.84 Å². The summed E-state index contributed by atoms with van der Waals surface area (Å²) in [6, 6.07) is 0. The van der Waals surface area contributed by atoms with Gasteiger partial charge in [0.2, 0.25) is 0 Å². The van der Waals surface area contributed by atoms with Crippen LogP contribution >= 0.6 is 0 Å². The Labute approximate surface area is 77.2 Å². The zero-order valence-electron chi connectivity index (χ0n) is 7.31. The lowest BCUT2D eigenvalue weighted by Crippen LogP contribution is -2.40. The first-order valence-corrected chi connectivity index (χ1v) is 3.83. The second-order valence-corrected chi connectivity index (χ2v) is 2.78. The smallest absolute Gasteiger partial charge is 0.332 e. The number of hydrogen-bond acceptors (Lipinski definition) is 5. The van der Waals surface area contributed by atoms with E-state index in [0.717, 1.165) is 0 Å². The normalized spacial score (nSPS) is 10.6. The van der Waals surface area contributed by atoms with Crippen LogP contribution in [-0.4, -0.2) is 19.6 Å². The molecule has 0 fully saturated rings. The van der Waals surface area contributed by atoms with Crippen molar-refractivity contribution in [3.63, 3.8) is 0 Å². The second kappa shape index (κ2) is 2.66. The summed E-state index contributed by atoms with van der Waals surface area (Å²) in [6.07, 6.45) is 1.33. The Kier molecular flexibility index (Phi) is 1.60. The van der Waals surface area contributed by atoms with Crippen LogP contribution in [0.2, 0.25) is 0 Å². The van der Waals surface area contributed by atoms with Crippen LogP contribution < -0.4 is 17.1 Å². The van der Waals surface area contributed by atoms with Crippen LogP contribution in [-0.2, 0) is 0 Å². The highest BCUT2D eigenvalue weighted by molar-refractivity contribution is 5.71. The number of nitrogens with one attached hydrogen (secondary N) is 1. The summed E-state index contributed by atoms with van der Waals surface area (Å²) in [5.74, 6) is 5.67. The molecule has 0 spiro atoms. The SMILES string of the molecule is Cc1ncc2c(=O)n(N)c(=O)[nH]c2n1. The molecule has 0 amide bonds. The van der Waals surface area contributed by atoms with Crippen molar-refractivity contribution in [3.05, 3.63) is 32.9 Å². The van der Waals surface area contributed by atoms with Crippen molar-refractivity contribution in [1.29, 1.82) is 0 Å². The van der Waals surface area contributed by atoms with E-state index in [2.05, 4.69) is 15.0 Å². The molecule has 0 unspecified atom stereocenters. The lowest BCUT2D eigenvalue weighted by atomic mass is 10.4. The van der Waals surface area contributed by atoms with Gasteiger partial charge in [-0.05, 0) is 6.92 Å². The molecule has 72 valence electrons. The van der Waals surface area contributed by atoms with Gasteiger partial charge in [-0.1, -0.05) is 0 Å². The minimum Gasteiger partial charge on any atom is -0.332 e. The van der Waals surface area contributed by atoms with Crippen molar-refractivity contribution in [2.75, 3.05) is 5.84 Å². The van der Waals surface area contributed by atoms with Crippen molar-refractivity contribution in [2.24, 2.45) is 0 Å².